The van der Waals surface area contributed by atoms with Gasteiger partial charge in [0.1, 0.15) is 0 Å². The lowest BCUT2D eigenvalue weighted by atomic mass is 9.77. The first kappa shape index (κ1) is 17.0. The number of aliphatic hydroxyl groups is 1. The minimum atomic E-state index is 0.0542. The summed E-state index contributed by atoms with van der Waals surface area (Å²) in [6, 6.07) is 8.55. The quantitative estimate of drug-likeness (QED) is 0.875. The number of likely N-dealkylation sites (tertiary alicyclic amines) is 1. The van der Waals surface area contributed by atoms with Gasteiger partial charge in [-0.1, -0.05) is 36.8 Å². The Bertz CT molecular complexity index is 467. The lowest BCUT2D eigenvalue weighted by Crippen LogP contribution is -2.44. The molecule has 0 radical (unpaired) electrons. The van der Waals surface area contributed by atoms with E-state index in [9.17, 15) is 9.90 Å². The molecule has 1 aromatic rings. The smallest absolute Gasteiger partial charge is 0.222 e. The summed E-state index contributed by atoms with van der Waals surface area (Å²) in [5.74, 6) is 0.273. The van der Waals surface area contributed by atoms with Gasteiger partial charge in [-0.2, -0.15) is 0 Å². The normalized spacial score (nSPS) is 17.5. The number of nitrogens with zero attached hydrogens (tertiary/aromatic N) is 1. The second-order valence-electron chi connectivity index (χ2n) is 6.73. The third kappa shape index (κ3) is 4.33. The van der Waals surface area contributed by atoms with Crippen LogP contribution in [0.1, 0.15) is 50.2 Å². The van der Waals surface area contributed by atoms with Crippen molar-refractivity contribution in [1.29, 1.82) is 0 Å². The van der Waals surface area contributed by atoms with E-state index >= 15 is 0 Å². The highest BCUT2D eigenvalue weighted by Gasteiger charge is 2.33. The Morgan fingerprint density at radius 1 is 1.23 bits per heavy atom. The molecule has 1 N–H and O–H groups in total. The molecule has 22 heavy (non-hydrogen) atoms. The summed E-state index contributed by atoms with van der Waals surface area (Å²) < 4.78 is 0. The molecule has 1 aromatic carbocycles. The topological polar surface area (TPSA) is 40.5 Å². The zero-order valence-corrected chi connectivity index (χ0v) is 14.0. The minimum Gasteiger partial charge on any atom is -0.396 e. The second-order valence-corrected chi connectivity index (χ2v) is 6.73. The van der Waals surface area contributed by atoms with Gasteiger partial charge in [0, 0.05) is 26.1 Å². The van der Waals surface area contributed by atoms with E-state index < -0.39 is 0 Å². The maximum Gasteiger partial charge on any atom is 0.222 e. The van der Waals surface area contributed by atoms with Crippen LogP contribution in [0.3, 0.4) is 0 Å². The van der Waals surface area contributed by atoms with Crippen molar-refractivity contribution in [2.75, 3.05) is 19.7 Å². The number of benzene rings is 1. The van der Waals surface area contributed by atoms with Gasteiger partial charge in [0.25, 0.3) is 0 Å². The van der Waals surface area contributed by atoms with Crippen molar-refractivity contribution in [3.8, 4) is 0 Å². The standard InChI is InChI=1S/C19H29NO2/c1-3-19(15-21)11-13-20(14-12-19)18(22)6-4-5-17-9-7-16(2)8-10-17/h7-10,21H,3-6,11-15H2,1-2H3. The van der Waals surface area contributed by atoms with Crippen molar-refractivity contribution in [2.45, 2.75) is 52.4 Å². The molecule has 2 rings (SSSR count). The zero-order valence-electron chi connectivity index (χ0n) is 14.0. The van der Waals surface area contributed by atoms with E-state index in [1.807, 2.05) is 4.90 Å². The molecule has 0 saturated carbocycles. The number of hydrogen-bond donors (Lipinski definition) is 1. The molecule has 1 heterocycles. The SMILES string of the molecule is CCC1(CO)CCN(C(=O)CCCc2ccc(C)cc2)CC1. The van der Waals surface area contributed by atoms with Crippen LogP contribution in [0.25, 0.3) is 0 Å². The van der Waals surface area contributed by atoms with E-state index in [1.165, 1.54) is 11.1 Å². The Balaban J connectivity index is 1.73. The van der Waals surface area contributed by atoms with Crippen molar-refractivity contribution in [1.82, 2.24) is 4.90 Å². The fourth-order valence-corrected chi connectivity index (χ4v) is 3.21. The minimum absolute atomic E-state index is 0.0542. The molecule has 0 bridgehead atoms. The molecule has 1 aliphatic heterocycles. The van der Waals surface area contributed by atoms with E-state index in [1.54, 1.807) is 0 Å². The number of amides is 1. The van der Waals surface area contributed by atoms with Crippen LogP contribution in [0.4, 0.5) is 0 Å². The van der Waals surface area contributed by atoms with Gasteiger partial charge in [-0.25, -0.2) is 0 Å². The number of rotatable bonds is 6. The maximum absolute atomic E-state index is 12.3. The van der Waals surface area contributed by atoms with Crippen molar-refractivity contribution >= 4 is 5.91 Å². The van der Waals surface area contributed by atoms with E-state index in [0.717, 1.165) is 45.2 Å². The summed E-state index contributed by atoms with van der Waals surface area (Å²) >= 11 is 0. The second kappa shape index (κ2) is 7.77. The Hall–Kier alpha value is -1.35. The predicted molar refractivity (Wildman–Crippen MR) is 89.7 cm³/mol. The molecule has 0 aliphatic carbocycles. The summed E-state index contributed by atoms with van der Waals surface area (Å²) in [4.78, 5) is 14.3. The van der Waals surface area contributed by atoms with Gasteiger partial charge in [-0.15, -0.1) is 0 Å². The first-order valence-corrected chi connectivity index (χ1v) is 8.53. The Morgan fingerprint density at radius 2 is 1.86 bits per heavy atom. The molecule has 122 valence electrons. The van der Waals surface area contributed by atoms with Crippen LogP contribution in [0.5, 0.6) is 0 Å². The fraction of sp³-hybridized carbons (Fsp3) is 0.632. The van der Waals surface area contributed by atoms with Gasteiger partial charge in [0.15, 0.2) is 0 Å². The Kier molecular flexibility index (Phi) is 6.01. The lowest BCUT2D eigenvalue weighted by Gasteiger charge is -2.40. The molecule has 1 saturated heterocycles. The highest BCUT2D eigenvalue weighted by Crippen LogP contribution is 2.34. The summed E-state index contributed by atoms with van der Waals surface area (Å²) in [5, 5.41) is 9.55. The average Bonchev–Trinajstić information content (AvgIpc) is 2.56. The van der Waals surface area contributed by atoms with Crippen molar-refractivity contribution in [3.05, 3.63) is 35.4 Å². The monoisotopic (exact) mass is 303 g/mol. The van der Waals surface area contributed by atoms with Crippen molar-refractivity contribution in [3.63, 3.8) is 0 Å². The zero-order chi connectivity index (χ0) is 16.0. The molecule has 1 amide bonds. The number of carbonyl (C=O) groups excluding carboxylic acids is 1. The summed E-state index contributed by atoms with van der Waals surface area (Å²) in [7, 11) is 0. The molecule has 0 atom stereocenters. The fourth-order valence-electron chi connectivity index (χ4n) is 3.21. The van der Waals surface area contributed by atoms with Gasteiger partial charge in [0.05, 0.1) is 0 Å². The molecular weight excluding hydrogens is 274 g/mol. The summed E-state index contributed by atoms with van der Waals surface area (Å²) in [6.07, 6.45) is 5.38. The van der Waals surface area contributed by atoms with E-state index in [0.29, 0.717) is 6.42 Å². The predicted octanol–water partition coefficient (Wildman–Crippen LogP) is 3.33. The van der Waals surface area contributed by atoms with Crippen LogP contribution in [-0.4, -0.2) is 35.6 Å². The molecule has 1 aliphatic rings. The van der Waals surface area contributed by atoms with Crippen LogP contribution in [0.2, 0.25) is 0 Å². The van der Waals surface area contributed by atoms with E-state index in [2.05, 4.69) is 38.1 Å². The number of carbonyl (C=O) groups is 1. The summed E-state index contributed by atoms with van der Waals surface area (Å²) in [6.45, 7) is 6.08. The van der Waals surface area contributed by atoms with Gasteiger partial charge in [0.2, 0.25) is 5.91 Å². The van der Waals surface area contributed by atoms with Crippen LogP contribution in [-0.2, 0) is 11.2 Å². The molecule has 0 unspecified atom stereocenters. The maximum atomic E-state index is 12.3. The summed E-state index contributed by atoms with van der Waals surface area (Å²) in [5.41, 5.74) is 2.64. The van der Waals surface area contributed by atoms with Gasteiger partial charge in [-0.05, 0) is 50.0 Å². The van der Waals surface area contributed by atoms with Crippen LogP contribution in [0, 0.1) is 12.3 Å². The highest BCUT2D eigenvalue weighted by molar-refractivity contribution is 5.76. The molecule has 3 nitrogen and oxygen atoms in total. The van der Waals surface area contributed by atoms with Gasteiger partial charge >= 0.3 is 0 Å². The molecule has 0 spiro atoms. The molecule has 1 fully saturated rings. The first-order valence-electron chi connectivity index (χ1n) is 8.53. The molecule has 0 aromatic heterocycles. The third-order valence-electron chi connectivity index (χ3n) is 5.24. The lowest BCUT2D eigenvalue weighted by molar-refractivity contribution is -0.134. The third-order valence-corrected chi connectivity index (χ3v) is 5.24. The number of aryl methyl sites for hydroxylation is 2. The van der Waals surface area contributed by atoms with Crippen molar-refractivity contribution in [2.24, 2.45) is 5.41 Å². The molecule has 3 heteroatoms. The average molecular weight is 303 g/mol. The Morgan fingerprint density at radius 3 is 2.41 bits per heavy atom. The Labute approximate surface area is 134 Å². The van der Waals surface area contributed by atoms with Crippen LogP contribution >= 0.6 is 0 Å². The number of aliphatic hydroxyl groups excluding tert-OH is 1. The largest absolute Gasteiger partial charge is 0.396 e. The molecular formula is C19H29NO2. The van der Waals surface area contributed by atoms with Crippen molar-refractivity contribution < 1.29 is 9.90 Å². The van der Waals surface area contributed by atoms with Crippen LogP contribution < -0.4 is 0 Å². The van der Waals surface area contributed by atoms with Gasteiger partial charge in [-0.3, -0.25) is 4.79 Å². The number of piperidine rings is 1. The van der Waals surface area contributed by atoms with E-state index in [4.69, 9.17) is 0 Å². The van der Waals surface area contributed by atoms with Crippen LogP contribution in [0.15, 0.2) is 24.3 Å². The first-order chi connectivity index (χ1) is 10.6. The highest BCUT2D eigenvalue weighted by atomic mass is 16.3. The number of hydrogen-bond acceptors (Lipinski definition) is 2. The van der Waals surface area contributed by atoms with E-state index in [-0.39, 0.29) is 17.9 Å². The van der Waals surface area contributed by atoms with Gasteiger partial charge < -0.3 is 10.0 Å².